The summed E-state index contributed by atoms with van der Waals surface area (Å²) in [7, 11) is 0. The molecule has 0 saturated carbocycles. The number of carbonyl (C=O) groups is 1. The van der Waals surface area contributed by atoms with E-state index in [1.807, 2.05) is 23.6 Å². The zero-order valence-electron chi connectivity index (χ0n) is 11.0. The standard InChI is InChI=1S/C15H16N2O2S/c1-2-5-14(16)15(18)17(10-12-6-3-8-19-12)11-13-7-4-9-20-13/h1,3-4,6-9,14H,5,10-11,16H2. The Kier molecular flexibility index (Phi) is 4.99. The Morgan fingerprint density at radius 1 is 1.45 bits per heavy atom. The van der Waals surface area contributed by atoms with E-state index in [4.69, 9.17) is 16.6 Å². The average Bonchev–Trinajstić information content (AvgIpc) is 3.10. The summed E-state index contributed by atoms with van der Waals surface area (Å²) in [6.45, 7) is 0.900. The maximum Gasteiger partial charge on any atom is 0.241 e. The van der Waals surface area contributed by atoms with E-state index >= 15 is 0 Å². The summed E-state index contributed by atoms with van der Waals surface area (Å²) in [6, 6.07) is 6.90. The van der Waals surface area contributed by atoms with Gasteiger partial charge < -0.3 is 15.1 Å². The van der Waals surface area contributed by atoms with Crippen molar-refractivity contribution in [3.05, 3.63) is 46.5 Å². The Labute approximate surface area is 122 Å². The number of nitrogens with zero attached hydrogens (tertiary/aromatic N) is 1. The predicted octanol–water partition coefficient (Wildman–Crippen LogP) is 2.22. The van der Waals surface area contributed by atoms with E-state index in [1.54, 1.807) is 28.6 Å². The van der Waals surface area contributed by atoms with Crippen molar-refractivity contribution >= 4 is 17.2 Å². The van der Waals surface area contributed by atoms with E-state index < -0.39 is 6.04 Å². The Morgan fingerprint density at radius 3 is 2.90 bits per heavy atom. The van der Waals surface area contributed by atoms with E-state index in [0.29, 0.717) is 13.1 Å². The summed E-state index contributed by atoms with van der Waals surface area (Å²) in [4.78, 5) is 15.1. The Balaban J connectivity index is 2.10. The van der Waals surface area contributed by atoms with Crippen LogP contribution in [0.2, 0.25) is 0 Å². The number of thiophene rings is 1. The quantitative estimate of drug-likeness (QED) is 0.829. The van der Waals surface area contributed by atoms with Crippen molar-refractivity contribution in [3.63, 3.8) is 0 Å². The zero-order chi connectivity index (χ0) is 14.4. The first-order valence-electron chi connectivity index (χ1n) is 6.23. The van der Waals surface area contributed by atoms with Gasteiger partial charge >= 0.3 is 0 Å². The van der Waals surface area contributed by atoms with Crippen LogP contribution in [0, 0.1) is 12.3 Å². The number of terminal acetylenes is 1. The minimum Gasteiger partial charge on any atom is -0.467 e. The first-order valence-corrected chi connectivity index (χ1v) is 7.11. The Morgan fingerprint density at radius 2 is 2.30 bits per heavy atom. The van der Waals surface area contributed by atoms with Gasteiger partial charge in [-0.25, -0.2) is 0 Å². The average molecular weight is 288 g/mol. The van der Waals surface area contributed by atoms with Crippen molar-refractivity contribution in [2.45, 2.75) is 25.6 Å². The van der Waals surface area contributed by atoms with Crippen molar-refractivity contribution < 1.29 is 9.21 Å². The third-order valence-electron chi connectivity index (χ3n) is 2.82. The summed E-state index contributed by atoms with van der Waals surface area (Å²) in [5.41, 5.74) is 5.83. The van der Waals surface area contributed by atoms with Crippen LogP contribution in [0.4, 0.5) is 0 Å². The van der Waals surface area contributed by atoms with Gasteiger partial charge in [0, 0.05) is 11.3 Å². The molecule has 0 bridgehead atoms. The summed E-state index contributed by atoms with van der Waals surface area (Å²) >= 11 is 1.60. The SMILES string of the molecule is C#CCC(N)C(=O)N(Cc1ccco1)Cc1cccs1. The fourth-order valence-corrected chi connectivity index (χ4v) is 2.56. The summed E-state index contributed by atoms with van der Waals surface area (Å²) in [5.74, 6) is 2.99. The molecule has 5 heteroatoms. The molecule has 1 amide bonds. The lowest BCUT2D eigenvalue weighted by molar-refractivity contribution is -0.134. The van der Waals surface area contributed by atoms with Gasteiger partial charge in [0.25, 0.3) is 0 Å². The molecule has 0 aliphatic heterocycles. The molecule has 2 N–H and O–H groups in total. The van der Waals surface area contributed by atoms with Crippen LogP contribution >= 0.6 is 11.3 Å². The maximum atomic E-state index is 12.4. The van der Waals surface area contributed by atoms with E-state index in [2.05, 4.69) is 5.92 Å². The molecule has 0 aliphatic rings. The van der Waals surface area contributed by atoms with Crippen LogP contribution in [-0.2, 0) is 17.9 Å². The van der Waals surface area contributed by atoms with Crippen molar-refractivity contribution in [1.82, 2.24) is 4.90 Å². The third-order valence-corrected chi connectivity index (χ3v) is 3.68. The highest BCUT2D eigenvalue weighted by Crippen LogP contribution is 2.16. The molecule has 2 aromatic heterocycles. The third kappa shape index (κ3) is 3.73. The normalized spacial score (nSPS) is 11.8. The van der Waals surface area contributed by atoms with Crippen LogP contribution in [-0.4, -0.2) is 16.8 Å². The summed E-state index contributed by atoms with van der Waals surface area (Å²) in [6.07, 6.45) is 7.04. The van der Waals surface area contributed by atoms with Crippen LogP contribution in [0.3, 0.4) is 0 Å². The number of rotatable bonds is 6. The zero-order valence-corrected chi connectivity index (χ0v) is 11.8. The maximum absolute atomic E-state index is 12.4. The molecule has 0 saturated heterocycles. The van der Waals surface area contributed by atoms with Crippen molar-refractivity contribution in [2.24, 2.45) is 5.73 Å². The molecule has 0 aliphatic carbocycles. The minimum absolute atomic E-state index is 0.159. The van der Waals surface area contributed by atoms with Crippen molar-refractivity contribution in [2.75, 3.05) is 0 Å². The van der Waals surface area contributed by atoms with Gasteiger partial charge in [-0.1, -0.05) is 6.07 Å². The number of nitrogens with two attached hydrogens (primary N) is 1. The van der Waals surface area contributed by atoms with Gasteiger partial charge in [-0.2, -0.15) is 0 Å². The highest BCUT2D eigenvalue weighted by atomic mass is 32.1. The van der Waals surface area contributed by atoms with Crippen molar-refractivity contribution in [1.29, 1.82) is 0 Å². The number of hydrogen-bond acceptors (Lipinski definition) is 4. The van der Waals surface area contributed by atoms with Crippen LogP contribution in [0.15, 0.2) is 40.3 Å². The molecule has 20 heavy (non-hydrogen) atoms. The number of carbonyl (C=O) groups excluding carboxylic acids is 1. The summed E-state index contributed by atoms with van der Waals surface area (Å²) in [5, 5.41) is 1.98. The van der Waals surface area contributed by atoms with Gasteiger partial charge in [-0.3, -0.25) is 4.79 Å². The van der Waals surface area contributed by atoms with Gasteiger partial charge in [0.05, 0.1) is 25.4 Å². The van der Waals surface area contributed by atoms with Crippen molar-refractivity contribution in [3.8, 4) is 12.3 Å². The molecule has 2 aromatic rings. The van der Waals surface area contributed by atoms with Gasteiger partial charge in [0.1, 0.15) is 5.76 Å². The highest BCUT2D eigenvalue weighted by Gasteiger charge is 2.21. The van der Waals surface area contributed by atoms with E-state index in [9.17, 15) is 4.79 Å². The summed E-state index contributed by atoms with van der Waals surface area (Å²) < 4.78 is 5.30. The molecule has 0 radical (unpaired) electrons. The first-order chi connectivity index (χ1) is 9.70. The molecule has 0 spiro atoms. The minimum atomic E-state index is -0.671. The molecule has 2 heterocycles. The van der Waals surface area contributed by atoms with E-state index in [0.717, 1.165) is 10.6 Å². The number of hydrogen-bond donors (Lipinski definition) is 1. The molecule has 104 valence electrons. The van der Waals surface area contributed by atoms with Gasteiger partial charge in [-0.05, 0) is 23.6 Å². The van der Waals surface area contributed by atoms with E-state index in [1.165, 1.54) is 0 Å². The molecule has 1 unspecified atom stereocenters. The monoisotopic (exact) mass is 288 g/mol. The second-order valence-electron chi connectivity index (χ2n) is 4.37. The largest absolute Gasteiger partial charge is 0.467 e. The number of amides is 1. The van der Waals surface area contributed by atoms with Gasteiger partial charge in [0.15, 0.2) is 0 Å². The van der Waals surface area contributed by atoms with Gasteiger partial charge in [0.2, 0.25) is 5.91 Å². The molecule has 4 nitrogen and oxygen atoms in total. The van der Waals surface area contributed by atoms with Gasteiger partial charge in [-0.15, -0.1) is 23.7 Å². The fraction of sp³-hybridized carbons (Fsp3) is 0.267. The molecule has 0 fully saturated rings. The van der Waals surface area contributed by atoms with Crippen LogP contribution in [0.1, 0.15) is 17.1 Å². The lowest BCUT2D eigenvalue weighted by atomic mass is 10.2. The molecule has 1 atom stereocenters. The second kappa shape index (κ2) is 6.94. The molecule has 2 rings (SSSR count). The molecular weight excluding hydrogens is 272 g/mol. The fourth-order valence-electron chi connectivity index (χ4n) is 1.84. The van der Waals surface area contributed by atoms with Crippen LogP contribution in [0.25, 0.3) is 0 Å². The highest BCUT2D eigenvalue weighted by molar-refractivity contribution is 7.09. The molecular formula is C15H16N2O2S. The molecule has 0 aromatic carbocycles. The van der Waals surface area contributed by atoms with E-state index in [-0.39, 0.29) is 12.3 Å². The Bertz CT molecular complexity index is 533. The lowest BCUT2D eigenvalue weighted by Crippen LogP contribution is -2.42. The predicted molar refractivity (Wildman–Crippen MR) is 78.7 cm³/mol. The first kappa shape index (κ1) is 14.4. The topological polar surface area (TPSA) is 59.5 Å². The number of furan rings is 1. The van der Waals surface area contributed by atoms with Crippen LogP contribution in [0.5, 0.6) is 0 Å². The lowest BCUT2D eigenvalue weighted by Gasteiger charge is -2.23. The van der Waals surface area contributed by atoms with Crippen LogP contribution < -0.4 is 5.73 Å². The second-order valence-corrected chi connectivity index (χ2v) is 5.40. The smallest absolute Gasteiger partial charge is 0.241 e. The Hall–Kier alpha value is -2.03.